The molecule has 0 radical (unpaired) electrons. The second-order valence-corrected chi connectivity index (χ2v) is 5.70. The molecular weight excluding hydrogens is 324 g/mol. The predicted octanol–water partition coefficient (Wildman–Crippen LogP) is 2.76. The highest BCUT2D eigenvalue weighted by molar-refractivity contribution is 5.88. The highest BCUT2D eigenvalue weighted by Gasteiger charge is 2.32. The lowest BCUT2D eigenvalue weighted by Crippen LogP contribution is -2.32. The van der Waals surface area contributed by atoms with E-state index in [1.54, 1.807) is 6.07 Å². The maximum absolute atomic E-state index is 11.2. The van der Waals surface area contributed by atoms with Crippen LogP contribution in [0.1, 0.15) is 15.9 Å². The molecule has 2 aromatic rings. The Morgan fingerprint density at radius 1 is 1.12 bits per heavy atom. The fraction of sp³-hybridized carbons (Fsp3) is 0.316. The van der Waals surface area contributed by atoms with Crippen molar-refractivity contribution in [1.82, 2.24) is 0 Å². The summed E-state index contributed by atoms with van der Waals surface area (Å²) in [6, 6.07) is 14.4. The molecule has 1 aliphatic heterocycles. The van der Waals surface area contributed by atoms with Crippen molar-refractivity contribution in [1.29, 1.82) is 0 Å². The van der Waals surface area contributed by atoms with Crippen LogP contribution in [0, 0.1) is 0 Å². The minimum atomic E-state index is -1.02. The van der Waals surface area contributed by atoms with Gasteiger partial charge in [-0.05, 0) is 23.8 Å². The summed E-state index contributed by atoms with van der Waals surface area (Å²) in [6.45, 7) is 1.26. The van der Waals surface area contributed by atoms with Crippen LogP contribution < -0.4 is 9.47 Å². The number of methoxy groups -OCH3 is 1. The Morgan fingerprint density at radius 2 is 1.88 bits per heavy atom. The van der Waals surface area contributed by atoms with Crippen LogP contribution in [0.4, 0.5) is 0 Å². The first-order valence-corrected chi connectivity index (χ1v) is 7.98. The van der Waals surface area contributed by atoms with Crippen LogP contribution in [-0.4, -0.2) is 43.6 Å². The molecule has 0 amide bonds. The summed E-state index contributed by atoms with van der Waals surface area (Å²) in [6.07, 6.45) is -0.569. The van der Waals surface area contributed by atoms with Crippen LogP contribution >= 0.6 is 0 Å². The Morgan fingerprint density at radius 3 is 2.60 bits per heavy atom. The summed E-state index contributed by atoms with van der Waals surface area (Å²) < 4.78 is 22.6. The van der Waals surface area contributed by atoms with Crippen molar-refractivity contribution in [2.24, 2.45) is 0 Å². The SMILES string of the molecule is COc1ccc(C(=O)O)cc1OC1COCC1OCc1ccccc1. The first-order chi connectivity index (χ1) is 12.2. The van der Waals surface area contributed by atoms with Gasteiger partial charge in [0.25, 0.3) is 0 Å². The summed E-state index contributed by atoms with van der Waals surface area (Å²) in [5.74, 6) is -0.183. The molecule has 2 unspecified atom stereocenters. The molecule has 0 spiro atoms. The molecule has 3 rings (SSSR count). The van der Waals surface area contributed by atoms with E-state index in [0.29, 0.717) is 31.3 Å². The number of carboxylic acid groups (broad SMARTS) is 1. The Hall–Kier alpha value is -2.57. The van der Waals surface area contributed by atoms with Gasteiger partial charge in [-0.3, -0.25) is 0 Å². The van der Waals surface area contributed by atoms with Gasteiger partial charge >= 0.3 is 5.97 Å². The van der Waals surface area contributed by atoms with Crippen molar-refractivity contribution >= 4 is 5.97 Å². The maximum Gasteiger partial charge on any atom is 0.335 e. The molecule has 1 aliphatic rings. The van der Waals surface area contributed by atoms with Gasteiger partial charge in [0.1, 0.15) is 6.10 Å². The minimum Gasteiger partial charge on any atom is -0.493 e. The zero-order chi connectivity index (χ0) is 17.6. The van der Waals surface area contributed by atoms with Crippen molar-refractivity contribution in [3.63, 3.8) is 0 Å². The van der Waals surface area contributed by atoms with Crippen LogP contribution in [-0.2, 0) is 16.1 Å². The fourth-order valence-electron chi connectivity index (χ4n) is 2.62. The Bertz CT molecular complexity index is 715. The van der Waals surface area contributed by atoms with E-state index < -0.39 is 5.97 Å². The quantitative estimate of drug-likeness (QED) is 0.832. The third-order valence-corrected chi connectivity index (χ3v) is 3.97. The summed E-state index contributed by atoms with van der Waals surface area (Å²) in [5, 5.41) is 9.15. The average molecular weight is 344 g/mol. The van der Waals surface area contributed by atoms with Gasteiger partial charge in [0.05, 0.1) is 32.5 Å². The van der Waals surface area contributed by atoms with Crippen molar-refractivity contribution < 1.29 is 28.8 Å². The topological polar surface area (TPSA) is 74.2 Å². The number of hydrogen-bond donors (Lipinski definition) is 1. The number of hydrogen-bond acceptors (Lipinski definition) is 5. The number of benzene rings is 2. The largest absolute Gasteiger partial charge is 0.493 e. The molecule has 6 heteroatoms. The Kier molecular flexibility index (Phi) is 5.53. The van der Waals surface area contributed by atoms with E-state index in [-0.39, 0.29) is 17.8 Å². The van der Waals surface area contributed by atoms with Gasteiger partial charge in [0, 0.05) is 0 Å². The maximum atomic E-state index is 11.2. The van der Waals surface area contributed by atoms with Gasteiger partial charge in [-0.1, -0.05) is 30.3 Å². The smallest absolute Gasteiger partial charge is 0.335 e. The molecular formula is C19H20O6. The van der Waals surface area contributed by atoms with Crippen LogP contribution in [0.15, 0.2) is 48.5 Å². The van der Waals surface area contributed by atoms with Gasteiger partial charge in [-0.25, -0.2) is 4.79 Å². The number of carbonyl (C=O) groups is 1. The van der Waals surface area contributed by atoms with E-state index >= 15 is 0 Å². The normalized spacial score (nSPS) is 19.6. The van der Waals surface area contributed by atoms with E-state index in [0.717, 1.165) is 5.56 Å². The molecule has 2 aromatic carbocycles. The average Bonchev–Trinajstić information content (AvgIpc) is 3.08. The van der Waals surface area contributed by atoms with Crippen molar-refractivity contribution in [3.8, 4) is 11.5 Å². The number of carboxylic acids is 1. The van der Waals surface area contributed by atoms with Crippen molar-refractivity contribution in [2.45, 2.75) is 18.8 Å². The predicted molar refractivity (Wildman–Crippen MR) is 90.2 cm³/mol. The van der Waals surface area contributed by atoms with Crippen molar-refractivity contribution in [2.75, 3.05) is 20.3 Å². The molecule has 1 fully saturated rings. The monoisotopic (exact) mass is 344 g/mol. The van der Waals surface area contributed by atoms with Gasteiger partial charge in [-0.15, -0.1) is 0 Å². The van der Waals surface area contributed by atoms with E-state index in [4.69, 9.17) is 24.1 Å². The minimum absolute atomic E-state index is 0.136. The third kappa shape index (κ3) is 4.29. The molecule has 6 nitrogen and oxygen atoms in total. The van der Waals surface area contributed by atoms with E-state index in [1.165, 1.54) is 19.2 Å². The standard InChI is InChI=1S/C19H20O6/c1-22-15-8-7-14(19(20)21)9-16(15)25-18-12-23-11-17(18)24-10-13-5-3-2-4-6-13/h2-9,17-18H,10-12H2,1H3,(H,20,21). The van der Waals surface area contributed by atoms with Crippen molar-refractivity contribution in [3.05, 3.63) is 59.7 Å². The zero-order valence-electron chi connectivity index (χ0n) is 13.9. The molecule has 2 atom stereocenters. The second-order valence-electron chi connectivity index (χ2n) is 5.70. The second kappa shape index (κ2) is 8.00. The highest BCUT2D eigenvalue weighted by Crippen LogP contribution is 2.31. The van der Waals surface area contributed by atoms with E-state index in [2.05, 4.69) is 0 Å². The number of ether oxygens (including phenoxy) is 4. The molecule has 1 N–H and O–H groups in total. The molecule has 0 aliphatic carbocycles. The lowest BCUT2D eigenvalue weighted by atomic mass is 10.2. The third-order valence-electron chi connectivity index (χ3n) is 3.97. The molecule has 1 heterocycles. The fourth-order valence-corrected chi connectivity index (χ4v) is 2.62. The summed E-state index contributed by atoms with van der Waals surface area (Å²) >= 11 is 0. The molecule has 0 saturated carbocycles. The zero-order valence-corrected chi connectivity index (χ0v) is 13.9. The van der Waals surface area contributed by atoms with Crippen LogP contribution in [0.2, 0.25) is 0 Å². The lowest BCUT2D eigenvalue weighted by molar-refractivity contribution is -0.0107. The van der Waals surface area contributed by atoms with Gasteiger partial charge in [0.15, 0.2) is 17.6 Å². The van der Waals surface area contributed by atoms with Gasteiger partial charge in [0.2, 0.25) is 0 Å². The first kappa shape index (κ1) is 17.3. The number of rotatable bonds is 7. The van der Waals surface area contributed by atoms with E-state index in [1.807, 2.05) is 30.3 Å². The Labute approximate surface area is 145 Å². The number of aromatic carboxylic acids is 1. The van der Waals surface area contributed by atoms with Crippen LogP contribution in [0.3, 0.4) is 0 Å². The van der Waals surface area contributed by atoms with Gasteiger partial charge in [-0.2, -0.15) is 0 Å². The van der Waals surface area contributed by atoms with Gasteiger partial charge < -0.3 is 24.1 Å². The first-order valence-electron chi connectivity index (χ1n) is 7.98. The lowest BCUT2D eigenvalue weighted by Gasteiger charge is -2.21. The Balaban J connectivity index is 1.68. The molecule has 25 heavy (non-hydrogen) atoms. The summed E-state index contributed by atoms with van der Waals surface area (Å²) in [7, 11) is 1.51. The highest BCUT2D eigenvalue weighted by atomic mass is 16.6. The summed E-state index contributed by atoms with van der Waals surface area (Å²) in [4.78, 5) is 11.2. The van der Waals surface area contributed by atoms with Crippen LogP contribution in [0.5, 0.6) is 11.5 Å². The molecule has 132 valence electrons. The molecule has 1 saturated heterocycles. The molecule has 0 bridgehead atoms. The van der Waals surface area contributed by atoms with E-state index in [9.17, 15) is 4.79 Å². The summed E-state index contributed by atoms with van der Waals surface area (Å²) in [5.41, 5.74) is 1.20. The molecule has 0 aromatic heterocycles. The van der Waals surface area contributed by atoms with Crippen LogP contribution in [0.25, 0.3) is 0 Å².